The minimum atomic E-state index is -0.571. The van der Waals surface area contributed by atoms with Gasteiger partial charge in [0.05, 0.1) is 6.10 Å². The van der Waals surface area contributed by atoms with E-state index in [1.807, 2.05) is 67.6 Å². The molecule has 0 amide bonds. The fourth-order valence-corrected chi connectivity index (χ4v) is 2.23. The van der Waals surface area contributed by atoms with Crippen LogP contribution in [0.15, 0.2) is 60.7 Å². The minimum absolute atomic E-state index is 0.101. The summed E-state index contributed by atoms with van der Waals surface area (Å²) in [6, 6.07) is 18.7. The second-order valence-electron chi connectivity index (χ2n) is 5.14. The number of rotatable bonds is 7. The van der Waals surface area contributed by atoms with Gasteiger partial charge in [0.25, 0.3) is 0 Å². The molecular formula is C18H21NO2. The van der Waals surface area contributed by atoms with Gasteiger partial charge in [-0.3, -0.25) is 4.79 Å². The lowest BCUT2D eigenvalue weighted by atomic mass is 10.0. The summed E-state index contributed by atoms with van der Waals surface area (Å²) in [7, 11) is 0. The zero-order valence-corrected chi connectivity index (χ0v) is 12.2. The molecule has 2 atom stereocenters. The van der Waals surface area contributed by atoms with Gasteiger partial charge in [0.2, 0.25) is 0 Å². The number of ketones is 1. The molecule has 2 rings (SSSR count). The maximum atomic E-state index is 12.0. The summed E-state index contributed by atoms with van der Waals surface area (Å²) in [6.07, 6.45) is -0.145. The normalized spacial score (nSPS) is 13.6. The van der Waals surface area contributed by atoms with Gasteiger partial charge in [-0.05, 0) is 12.5 Å². The van der Waals surface area contributed by atoms with Crippen LogP contribution in [-0.2, 0) is 0 Å². The lowest BCUT2D eigenvalue weighted by molar-refractivity contribution is 0.0972. The van der Waals surface area contributed by atoms with Crippen LogP contribution in [-0.4, -0.2) is 23.5 Å². The van der Waals surface area contributed by atoms with E-state index >= 15 is 0 Å². The summed E-state index contributed by atoms with van der Waals surface area (Å²) in [6.45, 7) is 2.48. The van der Waals surface area contributed by atoms with Gasteiger partial charge in [0.15, 0.2) is 5.78 Å². The Morgan fingerprint density at radius 1 is 1.05 bits per heavy atom. The molecule has 2 N–H and O–H groups in total. The van der Waals surface area contributed by atoms with Crippen LogP contribution in [0.3, 0.4) is 0 Å². The van der Waals surface area contributed by atoms with Crippen LogP contribution < -0.4 is 5.32 Å². The summed E-state index contributed by atoms with van der Waals surface area (Å²) >= 11 is 0. The highest BCUT2D eigenvalue weighted by molar-refractivity contribution is 5.96. The molecule has 0 heterocycles. The average molecular weight is 283 g/mol. The number of carbonyl (C=O) groups is 1. The van der Waals surface area contributed by atoms with Crippen molar-refractivity contribution in [2.75, 3.05) is 6.54 Å². The van der Waals surface area contributed by atoms with Crippen molar-refractivity contribution in [3.63, 3.8) is 0 Å². The van der Waals surface area contributed by atoms with Crippen LogP contribution in [0.2, 0.25) is 0 Å². The Balaban J connectivity index is 1.79. The average Bonchev–Trinajstić information content (AvgIpc) is 2.55. The first-order valence-corrected chi connectivity index (χ1v) is 7.23. The van der Waals surface area contributed by atoms with Gasteiger partial charge in [-0.2, -0.15) is 0 Å². The van der Waals surface area contributed by atoms with Crippen LogP contribution in [0, 0.1) is 0 Å². The first kappa shape index (κ1) is 15.4. The van der Waals surface area contributed by atoms with E-state index in [1.165, 1.54) is 0 Å². The highest BCUT2D eigenvalue weighted by Crippen LogP contribution is 2.16. The molecule has 0 aliphatic carbocycles. The van der Waals surface area contributed by atoms with E-state index in [-0.39, 0.29) is 11.8 Å². The zero-order chi connectivity index (χ0) is 15.1. The summed E-state index contributed by atoms with van der Waals surface area (Å²) in [5.74, 6) is 0.115. The van der Waals surface area contributed by atoms with Crippen LogP contribution in [0.5, 0.6) is 0 Å². The molecule has 0 aliphatic rings. The van der Waals surface area contributed by atoms with E-state index in [2.05, 4.69) is 5.32 Å². The van der Waals surface area contributed by atoms with Gasteiger partial charge in [-0.15, -0.1) is 0 Å². The quantitative estimate of drug-likeness (QED) is 0.768. The number of carbonyl (C=O) groups excluding carboxylic acids is 1. The molecule has 0 radical (unpaired) electrons. The molecule has 0 saturated heterocycles. The monoisotopic (exact) mass is 283 g/mol. The van der Waals surface area contributed by atoms with E-state index in [1.54, 1.807) is 0 Å². The fourth-order valence-electron chi connectivity index (χ4n) is 2.23. The van der Waals surface area contributed by atoms with Crippen molar-refractivity contribution in [3.05, 3.63) is 71.8 Å². The molecule has 0 fully saturated rings. The fraction of sp³-hybridized carbons (Fsp3) is 0.278. The molecule has 0 spiro atoms. The van der Waals surface area contributed by atoms with Crippen molar-refractivity contribution in [1.82, 2.24) is 5.32 Å². The largest absolute Gasteiger partial charge is 0.387 e. The van der Waals surface area contributed by atoms with Gasteiger partial charge in [0, 0.05) is 24.6 Å². The number of hydrogen-bond donors (Lipinski definition) is 2. The standard InChI is InChI=1S/C18H21NO2/c1-14(18(21)16-10-6-3-7-11-16)19-13-12-17(20)15-8-4-2-5-9-15/h2-11,14,18-19,21H,12-13H2,1H3/t14-,18-/m1/s1. The topological polar surface area (TPSA) is 49.3 Å². The minimum Gasteiger partial charge on any atom is -0.387 e. The van der Waals surface area contributed by atoms with E-state index < -0.39 is 6.10 Å². The molecule has 0 bridgehead atoms. The summed E-state index contributed by atoms with van der Waals surface area (Å²) in [5.41, 5.74) is 1.61. The maximum absolute atomic E-state index is 12.0. The Labute approximate surface area is 125 Å². The Morgan fingerprint density at radius 2 is 1.62 bits per heavy atom. The molecule has 21 heavy (non-hydrogen) atoms. The van der Waals surface area contributed by atoms with E-state index in [0.29, 0.717) is 13.0 Å². The summed E-state index contributed by atoms with van der Waals surface area (Å²) in [4.78, 5) is 12.0. The van der Waals surface area contributed by atoms with Crippen molar-refractivity contribution in [2.45, 2.75) is 25.5 Å². The lowest BCUT2D eigenvalue weighted by Crippen LogP contribution is -2.33. The number of Topliss-reactive ketones (excluding diaryl/α,β-unsaturated/α-hetero) is 1. The smallest absolute Gasteiger partial charge is 0.164 e. The predicted molar refractivity (Wildman–Crippen MR) is 84.3 cm³/mol. The van der Waals surface area contributed by atoms with Gasteiger partial charge >= 0.3 is 0 Å². The molecule has 2 aromatic carbocycles. The molecule has 0 unspecified atom stereocenters. The molecule has 0 aromatic heterocycles. The van der Waals surface area contributed by atoms with Crippen LogP contribution >= 0.6 is 0 Å². The first-order chi connectivity index (χ1) is 10.2. The third-order valence-corrected chi connectivity index (χ3v) is 3.53. The molecular weight excluding hydrogens is 262 g/mol. The van der Waals surface area contributed by atoms with Crippen LogP contribution in [0.1, 0.15) is 35.4 Å². The first-order valence-electron chi connectivity index (χ1n) is 7.23. The molecule has 2 aromatic rings. The SMILES string of the molecule is C[C@@H](NCCC(=O)c1ccccc1)[C@@H](O)c1ccccc1. The lowest BCUT2D eigenvalue weighted by Gasteiger charge is -2.20. The maximum Gasteiger partial charge on any atom is 0.164 e. The highest BCUT2D eigenvalue weighted by Gasteiger charge is 2.15. The Kier molecular flexibility index (Phi) is 5.67. The Hall–Kier alpha value is -1.97. The molecule has 3 heteroatoms. The second kappa shape index (κ2) is 7.72. The van der Waals surface area contributed by atoms with Crippen molar-refractivity contribution in [2.24, 2.45) is 0 Å². The third-order valence-electron chi connectivity index (χ3n) is 3.53. The zero-order valence-electron chi connectivity index (χ0n) is 12.2. The predicted octanol–water partition coefficient (Wildman–Crippen LogP) is 2.97. The Bertz CT molecular complexity index is 554. The second-order valence-corrected chi connectivity index (χ2v) is 5.14. The van der Waals surface area contributed by atoms with Crippen molar-refractivity contribution in [3.8, 4) is 0 Å². The van der Waals surface area contributed by atoms with Crippen molar-refractivity contribution in [1.29, 1.82) is 0 Å². The summed E-state index contributed by atoms with van der Waals surface area (Å²) in [5, 5.41) is 13.4. The van der Waals surface area contributed by atoms with Gasteiger partial charge in [0.1, 0.15) is 0 Å². The highest BCUT2D eigenvalue weighted by atomic mass is 16.3. The third kappa shape index (κ3) is 4.52. The van der Waals surface area contributed by atoms with E-state index in [9.17, 15) is 9.90 Å². The molecule has 110 valence electrons. The van der Waals surface area contributed by atoms with E-state index in [0.717, 1.165) is 11.1 Å². The van der Waals surface area contributed by atoms with E-state index in [4.69, 9.17) is 0 Å². The number of aliphatic hydroxyl groups is 1. The van der Waals surface area contributed by atoms with Gasteiger partial charge < -0.3 is 10.4 Å². The number of aliphatic hydroxyl groups excluding tert-OH is 1. The van der Waals surface area contributed by atoms with Gasteiger partial charge in [-0.25, -0.2) is 0 Å². The summed E-state index contributed by atoms with van der Waals surface area (Å²) < 4.78 is 0. The van der Waals surface area contributed by atoms with Crippen molar-refractivity contribution < 1.29 is 9.90 Å². The molecule has 3 nitrogen and oxygen atoms in total. The molecule has 0 saturated carbocycles. The number of benzene rings is 2. The number of hydrogen-bond acceptors (Lipinski definition) is 3. The van der Waals surface area contributed by atoms with Crippen molar-refractivity contribution >= 4 is 5.78 Å². The van der Waals surface area contributed by atoms with Crippen LogP contribution in [0.4, 0.5) is 0 Å². The molecule has 0 aliphatic heterocycles. The van der Waals surface area contributed by atoms with Crippen LogP contribution in [0.25, 0.3) is 0 Å². The Morgan fingerprint density at radius 3 is 2.24 bits per heavy atom. The number of nitrogens with one attached hydrogen (secondary N) is 1. The van der Waals surface area contributed by atoms with Gasteiger partial charge in [-0.1, -0.05) is 60.7 Å².